The first kappa shape index (κ1) is 22.1. The first-order valence-corrected chi connectivity index (χ1v) is 11.0. The molecular formula is C26H22N6O3. The van der Waals surface area contributed by atoms with Crippen LogP contribution in [-0.2, 0) is 22.6 Å². The van der Waals surface area contributed by atoms with Crippen LogP contribution < -0.4 is 9.64 Å². The number of hydrogen-bond donors (Lipinski definition) is 0. The molecule has 9 heteroatoms. The van der Waals surface area contributed by atoms with E-state index in [4.69, 9.17) is 9.72 Å². The first-order chi connectivity index (χ1) is 17.2. The van der Waals surface area contributed by atoms with Crippen molar-refractivity contribution in [2.24, 2.45) is 0 Å². The summed E-state index contributed by atoms with van der Waals surface area (Å²) in [5.74, 6) is 1.32. The van der Waals surface area contributed by atoms with E-state index in [1.165, 1.54) is 7.11 Å². The average Bonchev–Trinajstić information content (AvgIpc) is 3.35. The Morgan fingerprint density at radius 2 is 1.77 bits per heavy atom. The summed E-state index contributed by atoms with van der Waals surface area (Å²) in [6.45, 7) is 1.18. The first-order valence-electron chi connectivity index (χ1n) is 11.0. The van der Waals surface area contributed by atoms with Gasteiger partial charge in [-0.05, 0) is 59.2 Å². The molecule has 4 heterocycles. The number of pyridine rings is 1. The number of ether oxygens (including phenoxy) is 2. The van der Waals surface area contributed by atoms with Gasteiger partial charge in [-0.25, -0.2) is 24.7 Å². The van der Waals surface area contributed by atoms with Crippen molar-refractivity contribution in [1.82, 2.24) is 24.9 Å². The van der Waals surface area contributed by atoms with Gasteiger partial charge in [-0.15, -0.1) is 0 Å². The standard InChI is InChI=1S/C26H22N6O3/c1-34-24(33)17-35-22-5-3-19-15-32(16-20(19)14-22)26-29-13-9-23(31-26)25-28-12-8-21(30-25)4-2-18-6-10-27-11-7-18/h2-14H,15-17H2,1H3. The molecule has 0 unspecified atom stereocenters. The molecule has 9 nitrogen and oxygen atoms in total. The quantitative estimate of drug-likeness (QED) is 0.378. The molecule has 0 fully saturated rings. The van der Waals surface area contributed by atoms with Gasteiger partial charge < -0.3 is 14.4 Å². The zero-order chi connectivity index (χ0) is 24.0. The van der Waals surface area contributed by atoms with Crippen LogP contribution in [0.1, 0.15) is 22.4 Å². The molecule has 4 aromatic rings. The number of anilines is 1. The number of nitrogens with zero attached hydrogens (tertiary/aromatic N) is 6. The molecule has 174 valence electrons. The average molecular weight is 467 g/mol. The van der Waals surface area contributed by atoms with E-state index in [1.807, 2.05) is 48.6 Å². The summed E-state index contributed by atoms with van der Waals surface area (Å²) < 4.78 is 10.1. The van der Waals surface area contributed by atoms with E-state index in [0.29, 0.717) is 36.3 Å². The van der Waals surface area contributed by atoms with Crippen molar-refractivity contribution in [3.63, 3.8) is 0 Å². The topological polar surface area (TPSA) is 103 Å². The third-order valence-electron chi connectivity index (χ3n) is 5.47. The third kappa shape index (κ3) is 5.30. The fraction of sp³-hybridized carbons (Fsp3) is 0.154. The second kappa shape index (κ2) is 10.1. The highest BCUT2D eigenvalue weighted by molar-refractivity contribution is 5.71. The molecule has 0 amide bonds. The minimum Gasteiger partial charge on any atom is -0.482 e. The Morgan fingerprint density at radius 1 is 0.943 bits per heavy atom. The van der Waals surface area contributed by atoms with E-state index in [1.54, 1.807) is 30.9 Å². The van der Waals surface area contributed by atoms with Crippen LogP contribution in [0.15, 0.2) is 67.3 Å². The summed E-state index contributed by atoms with van der Waals surface area (Å²) in [5.41, 5.74) is 4.72. The van der Waals surface area contributed by atoms with Crippen molar-refractivity contribution in [1.29, 1.82) is 0 Å². The SMILES string of the molecule is COC(=O)COc1ccc2c(c1)CN(c1nccc(-c3nccc(C=Cc4ccncc4)n3)n1)C2. The van der Waals surface area contributed by atoms with Gasteiger partial charge in [-0.1, -0.05) is 12.1 Å². The second-order valence-electron chi connectivity index (χ2n) is 7.81. The summed E-state index contributed by atoms with van der Waals surface area (Å²) in [6.07, 6.45) is 10.8. The second-order valence-corrected chi connectivity index (χ2v) is 7.81. The predicted molar refractivity (Wildman–Crippen MR) is 130 cm³/mol. The number of hydrogen-bond acceptors (Lipinski definition) is 9. The number of carbonyl (C=O) groups is 1. The highest BCUT2D eigenvalue weighted by Crippen LogP contribution is 2.29. The molecule has 1 aliphatic rings. The minimum atomic E-state index is -0.420. The number of fused-ring (bicyclic) bond motifs is 1. The van der Waals surface area contributed by atoms with Gasteiger partial charge in [0.1, 0.15) is 11.4 Å². The van der Waals surface area contributed by atoms with Gasteiger partial charge in [-0.3, -0.25) is 4.98 Å². The minimum absolute atomic E-state index is 0.124. The van der Waals surface area contributed by atoms with Crippen LogP contribution >= 0.6 is 0 Å². The maximum absolute atomic E-state index is 11.3. The van der Waals surface area contributed by atoms with Crippen LogP contribution in [0, 0.1) is 0 Å². The van der Waals surface area contributed by atoms with Gasteiger partial charge in [0.2, 0.25) is 5.95 Å². The molecule has 0 spiro atoms. The van der Waals surface area contributed by atoms with Crippen LogP contribution in [0.5, 0.6) is 5.75 Å². The molecule has 0 atom stereocenters. The lowest BCUT2D eigenvalue weighted by atomic mass is 10.1. The maximum atomic E-state index is 11.3. The van der Waals surface area contributed by atoms with Gasteiger partial charge in [0, 0.05) is 37.9 Å². The van der Waals surface area contributed by atoms with Crippen molar-refractivity contribution in [2.75, 3.05) is 18.6 Å². The van der Waals surface area contributed by atoms with E-state index in [0.717, 1.165) is 22.4 Å². The monoisotopic (exact) mass is 466 g/mol. The van der Waals surface area contributed by atoms with Gasteiger partial charge in [0.25, 0.3) is 0 Å². The van der Waals surface area contributed by atoms with Crippen molar-refractivity contribution in [2.45, 2.75) is 13.1 Å². The zero-order valence-electron chi connectivity index (χ0n) is 19.0. The Hall–Kier alpha value is -4.66. The Bertz CT molecular complexity index is 1380. The molecule has 35 heavy (non-hydrogen) atoms. The fourth-order valence-electron chi connectivity index (χ4n) is 3.67. The predicted octanol–water partition coefficient (Wildman–Crippen LogP) is 3.57. The van der Waals surface area contributed by atoms with Crippen LogP contribution in [0.3, 0.4) is 0 Å². The Morgan fingerprint density at radius 3 is 2.63 bits per heavy atom. The Labute approximate surface area is 202 Å². The normalized spacial score (nSPS) is 12.5. The number of aromatic nitrogens is 5. The molecule has 1 aliphatic heterocycles. The van der Waals surface area contributed by atoms with Gasteiger partial charge in [0.05, 0.1) is 12.8 Å². The van der Waals surface area contributed by atoms with Gasteiger partial charge in [-0.2, -0.15) is 0 Å². The van der Waals surface area contributed by atoms with Crippen molar-refractivity contribution in [3.8, 4) is 17.3 Å². The van der Waals surface area contributed by atoms with E-state index in [-0.39, 0.29) is 6.61 Å². The molecule has 0 saturated carbocycles. The summed E-state index contributed by atoms with van der Waals surface area (Å²) in [5, 5.41) is 0. The van der Waals surface area contributed by atoms with Crippen LogP contribution in [0.25, 0.3) is 23.7 Å². The zero-order valence-corrected chi connectivity index (χ0v) is 19.0. The van der Waals surface area contributed by atoms with Crippen LogP contribution in [-0.4, -0.2) is 44.6 Å². The molecule has 1 aromatic carbocycles. The molecule has 0 saturated heterocycles. The number of esters is 1. The van der Waals surface area contributed by atoms with Gasteiger partial charge >= 0.3 is 5.97 Å². The lowest BCUT2D eigenvalue weighted by Crippen LogP contribution is -2.17. The number of rotatable bonds is 7. The largest absolute Gasteiger partial charge is 0.482 e. The van der Waals surface area contributed by atoms with E-state index in [9.17, 15) is 4.79 Å². The molecule has 0 N–H and O–H groups in total. The Kier molecular flexibility index (Phi) is 6.38. The summed E-state index contributed by atoms with van der Waals surface area (Å²) in [4.78, 5) is 35.7. The van der Waals surface area contributed by atoms with Crippen molar-refractivity contribution in [3.05, 3.63) is 89.6 Å². The Balaban J connectivity index is 1.31. The number of benzene rings is 1. The molecule has 0 aliphatic carbocycles. The summed E-state index contributed by atoms with van der Waals surface area (Å²) in [7, 11) is 1.33. The fourth-order valence-corrected chi connectivity index (χ4v) is 3.67. The van der Waals surface area contributed by atoms with E-state index in [2.05, 4.69) is 29.6 Å². The molecular weight excluding hydrogens is 444 g/mol. The van der Waals surface area contributed by atoms with Crippen LogP contribution in [0.4, 0.5) is 5.95 Å². The van der Waals surface area contributed by atoms with Gasteiger partial charge in [0.15, 0.2) is 12.4 Å². The number of methoxy groups -OCH3 is 1. The van der Waals surface area contributed by atoms with Crippen molar-refractivity contribution >= 4 is 24.1 Å². The smallest absolute Gasteiger partial charge is 0.343 e. The number of carbonyl (C=O) groups excluding carboxylic acids is 1. The lowest BCUT2D eigenvalue weighted by Gasteiger charge is -2.15. The maximum Gasteiger partial charge on any atom is 0.343 e. The van der Waals surface area contributed by atoms with E-state index < -0.39 is 5.97 Å². The highest BCUT2D eigenvalue weighted by Gasteiger charge is 2.22. The highest BCUT2D eigenvalue weighted by atomic mass is 16.6. The molecule has 0 bridgehead atoms. The molecule has 5 rings (SSSR count). The summed E-state index contributed by atoms with van der Waals surface area (Å²) in [6, 6.07) is 13.3. The van der Waals surface area contributed by atoms with Crippen LogP contribution in [0.2, 0.25) is 0 Å². The molecule has 0 radical (unpaired) electrons. The lowest BCUT2D eigenvalue weighted by molar-refractivity contribution is -0.142. The van der Waals surface area contributed by atoms with Crippen molar-refractivity contribution < 1.29 is 14.3 Å². The summed E-state index contributed by atoms with van der Waals surface area (Å²) >= 11 is 0. The molecule has 3 aromatic heterocycles. The van der Waals surface area contributed by atoms with E-state index >= 15 is 0 Å². The third-order valence-corrected chi connectivity index (χ3v) is 5.47.